The van der Waals surface area contributed by atoms with Crippen molar-refractivity contribution in [2.24, 2.45) is 0 Å². The molecule has 0 heterocycles. The van der Waals surface area contributed by atoms with E-state index in [4.69, 9.17) is 10.8 Å². The molecule has 96 valence electrons. The first-order valence-electron chi connectivity index (χ1n) is 5.17. The Balaban J connectivity index is 2.70. The van der Waals surface area contributed by atoms with Crippen molar-refractivity contribution in [1.29, 1.82) is 0 Å². The Bertz CT molecular complexity index is 343. The smallest absolute Gasteiger partial charge is 0.251 e. The van der Waals surface area contributed by atoms with E-state index in [1.165, 1.54) is 4.90 Å². The summed E-state index contributed by atoms with van der Waals surface area (Å²) in [6.07, 6.45) is -2.41. The Labute approximate surface area is 107 Å². The summed E-state index contributed by atoms with van der Waals surface area (Å²) in [6, 6.07) is 5.31. The fourth-order valence-corrected chi connectivity index (χ4v) is 2.15. The summed E-state index contributed by atoms with van der Waals surface area (Å²) in [6.45, 7) is 0.0640. The molecule has 0 spiro atoms. The van der Waals surface area contributed by atoms with E-state index in [-0.39, 0.29) is 19.7 Å². The molecule has 0 bridgehead atoms. The maximum atomic E-state index is 12.3. The number of halogens is 3. The first-order valence-corrected chi connectivity index (χ1v) is 5.97. The zero-order valence-electron chi connectivity index (χ0n) is 9.24. The van der Waals surface area contributed by atoms with E-state index in [9.17, 15) is 8.78 Å². The van der Waals surface area contributed by atoms with Gasteiger partial charge in [0.2, 0.25) is 0 Å². The maximum Gasteiger partial charge on any atom is 0.251 e. The van der Waals surface area contributed by atoms with Crippen molar-refractivity contribution >= 4 is 21.6 Å². The highest BCUT2D eigenvalue weighted by molar-refractivity contribution is 9.10. The Morgan fingerprint density at radius 1 is 1.35 bits per heavy atom. The maximum absolute atomic E-state index is 12.3. The van der Waals surface area contributed by atoms with Crippen molar-refractivity contribution in [3.63, 3.8) is 0 Å². The van der Waals surface area contributed by atoms with Gasteiger partial charge in [0, 0.05) is 23.2 Å². The van der Waals surface area contributed by atoms with Crippen molar-refractivity contribution in [3.8, 4) is 0 Å². The molecular weight excluding hydrogens is 294 g/mol. The van der Waals surface area contributed by atoms with Crippen LogP contribution in [-0.4, -0.2) is 36.1 Å². The summed E-state index contributed by atoms with van der Waals surface area (Å²) in [5, 5.41) is 8.82. The number of aliphatic hydroxyl groups is 1. The minimum absolute atomic E-state index is 0.143. The van der Waals surface area contributed by atoms with Crippen LogP contribution in [0.3, 0.4) is 0 Å². The molecular formula is C11H15BrF2N2O. The quantitative estimate of drug-likeness (QED) is 0.791. The molecule has 1 rings (SSSR count). The molecule has 0 amide bonds. The lowest BCUT2D eigenvalue weighted by Gasteiger charge is -2.21. The molecule has 0 aliphatic carbocycles. The van der Waals surface area contributed by atoms with E-state index in [2.05, 4.69) is 15.9 Å². The van der Waals surface area contributed by atoms with Crippen molar-refractivity contribution in [3.05, 3.63) is 28.2 Å². The molecule has 3 nitrogen and oxygen atoms in total. The van der Waals surface area contributed by atoms with E-state index in [0.29, 0.717) is 12.2 Å². The van der Waals surface area contributed by atoms with Crippen LogP contribution in [0, 0.1) is 0 Å². The van der Waals surface area contributed by atoms with Crippen LogP contribution < -0.4 is 5.73 Å². The molecule has 0 fully saturated rings. The van der Waals surface area contributed by atoms with E-state index in [1.54, 1.807) is 12.1 Å². The lowest BCUT2D eigenvalue weighted by molar-refractivity contribution is 0.0746. The summed E-state index contributed by atoms with van der Waals surface area (Å²) in [7, 11) is 0. The van der Waals surface area contributed by atoms with Gasteiger partial charge in [-0.25, -0.2) is 8.78 Å². The van der Waals surface area contributed by atoms with Gasteiger partial charge in [0.05, 0.1) is 13.2 Å². The number of hydrogen-bond donors (Lipinski definition) is 2. The molecule has 0 unspecified atom stereocenters. The van der Waals surface area contributed by atoms with Gasteiger partial charge in [0.15, 0.2) is 0 Å². The lowest BCUT2D eigenvalue weighted by atomic mass is 10.2. The van der Waals surface area contributed by atoms with Crippen LogP contribution >= 0.6 is 15.9 Å². The number of nitrogens with two attached hydrogens (primary N) is 1. The van der Waals surface area contributed by atoms with Gasteiger partial charge in [-0.15, -0.1) is 0 Å². The van der Waals surface area contributed by atoms with Crippen molar-refractivity contribution in [2.45, 2.75) is 13.0 Å². The van der Waals surface area contributed by atoms with E-state index >= 15 is 0 Å². The third-order valence-electron chi connectivity index (χ3n) is 2.20. The van der Waals surface area contributed by atoms with Gasteiger partial charge in [0.1, 0.15) is 0 Å². The fraction of sp³-hybridized carbons (Fsp3) is 0.455. The van der Waals surface area contributed by atoms with Gasteiger partial charge in [-0.1, -0.05) is 15.9 Å². The number of nitrogens with zero attached hydrogens (tertiary/aromatic N) is 1. The minimum Gasteiger partial charge on any atom is -0.399 e. The Hall–Kier alpha value is -0.720. The summed E-state index contributed by atoms with van der Waals surface area (Å²) < 4.78 is 25.4. The third kappa shape index (κ3) is 5.43. The second-order valence-corrected chi connectivity index (χ2v) is 4.66. The second kappa shape index (κ2) is 6.88. The number of benzene rings is 1. The summed E-state index contributed by atoms with van der Waals surface area (Å²) in [5.41, 5.74) is 7.08. The summed E-state index contributed by atoms with van der Waals surface area (Å²) in [4.78, 5) is 1.49. The Morgan fingerprint density at radius 2 is 2.06 bits per heavy atom. The number of hydrogen-bond acceptors (Lipinski definition) is 3. The lowest BCUT2D eigenvalue weighted by Crippen LogP contribution is -2.31. The first kappa shape index (κ1) is 14.3. The number of rotatable bonds is 6. The SMILES string of the molecule is Nc1cc(Br)cc(CN(CCO)CC(F)F)c1. The van der Waals surface area contributed by atoms with Crippen molar-refractivity contribution in [1.82, 2.24) is 4.90 Å². The minimum atomic E-state index is -2.41. The molecule has 0 aromatic heterocycles. The predicted octanol–water partition coefficient (Wildman–Crippen LogP) is 2.09. The molecule has 6 heteroatoms. The van der Waals surface area contributed by atoms with Crippen LogP contribution in [0.2, 0.25) is 0 Å². The first-order chi connectivity index (χ1) is 8.01. The number of alkyl halides is 2. The van der Waals surface area contributed by atoms with Crippen LogP contribution in [0.25, 0.3) is 0 Å². The van der Waals surface area contributed by atoms with Crippen LogP contribution in [-0.2, 0) is 6.54 Å². The Morgan fingerprint density at radius 3 is 2.59 bits per heavy atom. The molecule has 1 aromatic rings. The molecule has 1 aromatic carbocycles. The van der Waals surface area contributed by atoms with Crippen molar-refractivity contribution < 1.29 is 13.9 Å². The topological polar surface area (TPSA) is 49.5 Å². The molecule has 3 N–H and O–H groups in total. The highest BCUT2D eigenvalue weighted by Gasteiger charge is 2.12. The molecule has 0 saturated heterocycles. The summed E-state index contributed by atoms with van der Waals surface area (Å²) in [5.74, 6) is 0. The molecule has 0 aliphatic rings. The Kier molecular flexibility index (Phi) is 5.80. The summed E-state index contributed by atoms with van der Waals surface area (Å²) >= 11 is 3.30. The van der Waals surface area contributed by atoms with E-state index < -0.39 is 6.43 Å². The normalized spacial score (nSPS) is 11.4. The second-order valence-electron chi connectivity index (χ2n) is 3.74. The van der Waals surface area contributed by atoms with Gasteiger partial charge in [-0.05, 0) is 23.8 Å². The number of anilines is 1. The monoisotopic (exact) mass is 308 g/mol. The van der Waals surface area contributed by atoms with Gasteiger partial charge in [-0.2, -0.15) is 0 Å². The standard InChI is InChI=1S/C11H15BrF2N2O/c12-9-3-8(4-10(15)5-9)6-16(1-2-17)7-11(13)14/h3-5,11,17H,1-2,6-7,15H2. The van der Waals surface area contributed by atoms with E-state index in [0.717, 1.165) is 10.0 Å². The van der Waals surface area contributed by atoms with Crippen LogP contribution in [0.1, 0.15) is 5.56 Å². The molecule has 17 heavy (non-hydrogen) atoms. The van der Waals surface area contributed by atoms with Crippen LogP contribution in [0.4, 0.5) is 14.5 Å². The highest BCUT2D eigenvalue weighted by Crippen LogP contribution is 2.18. The van der Waals surface area contributed by atoms with Crippen molar-refractivity contribution in [2.75, 3.05) is 25.4 Å². The third-order valence-corrected chi connectivity index (χ3v) is 2.66. The largest absolute Gasteiger partial charge is 0.399 e. The zero-order valence-corrected chi connectivity index (χ0v) is 10.8. The molecule has 0 radical (unpaired) electrons. The van der Waals surface area contributed by atoms with Gasteiger partial charge < -0.3 is 10.8 Å². The average Bonchev–Trinajstić information content (AvgIpc) is 2.14. The zero-order chi connectivity index (χ0) is 12.8. The van der Waals surface area contributed by atoms with Crippen LogP contribution in [0.15, 0.2) is 22.7 Å². The van der Waals surface area contributed by atoms with Crippen LogP contribution in [0.5, 0.6) is 0 Å². The molecule has 0 aliphatic heterocycles. The van der Waals surface area contributed by atoms with Gasteiger partial charge in [0.25, 0.3) is 6.43 Å². The van der Waals surface area contributed by atoms with E-state index in [1.807, 2.05) is 6.07 Å². The predicted molar refractivity (Wildman–Crippen MR) is 66.9 cm³/mol. The average molecular weight is 309 g/mol. The number of aliphatic hydroxyl groups excluding tert-OH is 1. The molecule has 0 atom stereocenters. The molecule has 0 saturated carbocycles. The number of nitrogen functional groups attached to an aromatic ring is 1. The fourth-order valence-electron chi connectivity index (χ4n) is 1.60. The highest BCUT2D eigenvalue weighted by atomic mass is 79.9. The van der Waals surface area contributed by atoms with Gasteiger partial charge >= 0.3 is 0 Å². The van der Waals surface area contributed by atoms with Gasteiger partial charge in [-0.3, -0.25) is 4.90 Å².